The summed E-state index contributed by atoms with van der Waals surface area (Å²) >= 11 is 6.56. The number of phenols is 2. The molecule has 0 heterocycles. The van der Waals surface area contributed by atoms with Crippen LogP contribution < -0.4 is 0 Å². The summed E-state index contributed by atoms with van der Waals surface area (Å²) in [5, 5.41) is 29.9. The Hall–Kier alpha value is -2.06. The van der Waals surface area contributed by atoms with E-state index in [2.05, 4.69) is 31.9 Å². The topological polar surface area (TPSA) is 104 Å². The summed E-state index contributed by atoms with van der Waals surface area (Å²) in [6, 6.07) is 9.22. The molecular weight excluding hydrogens is 484 g/mol. The predicted octanol–water partition coefficient (Wildman–Crippen LogP) is 4.14. The van der Waals surface area contributed by atoms with Crippen LogP contribution in [0.25, 0.3) is 0 Å². The first-order valence-corrected chi connectivity index (χ1v) is 9.59. The molecule has 1 aliphatic carbocycles. The van der Waals surface area contributed by atoms with E-state index in [1.165, 1.54) is 24.3 Å². The molecule has 142 valence electrons. The van der Waals surface area contributed by atoms with E-state index in [9.17, 15) is 24.9 Å². The number of methoxy groups -OCH3 is 1. The van der Waals surface area contributed by atoms with Gasteiger partial charge in [0.25, 0.3) is 0 Å². The molecular formula is C19H16Br2O6. The van der Waals surface area contributed by atoms with Gasteiger partial charge in [0.1, 0.15) is 11.5 Å². The Balaban J connectivity index is 2.17. The molecule has 0 aliphatic heterocycles. The van der Waals surface area contributed by atoms with Gasteiger partial charge in [-0.15, -0.1) is 0 Å². The minimum absolute atomic E-state index is 0.0351. The van der Waals surface area contributed by atoms with Crippen molar-refractivity contribution in [2.45, 2.75) is 18.3 Å². The fourth-order valence-electron chi connectivity index (χ4n) is 3.92. The number of hydrogen-bond donors (Lipinski definition) is 3. The molecule has 0 aromatic heterocycles. The molecule has 0 amide bonds. The van der Waals surface area contributed by atoms with Crippen LogP contribution in [0.4, 0.5) is 0 Å². The summed E-state index contributed by atoms with van der Waals surface area (Å²) in [5.41, 5.74) is -0.829. The lowest BCUT2D eigenvalue weighted by atomic mass is 9.49. The lowest BCUT2D eigenvalue weighted by Gasteiger charge is -2.51. The Morgan fingerprint density at radius 3 is 1.74 bits per heavy atom. The first kappa shape index (κ1) is 19.7. The van der Waals surface area contributed by atoms with Crippen LogP contribution in [0.2, 0.25) is 0 Å². The molecule has 1 fully saturated rings. The average Bonchev–Trinajstić information content (AvgIpc) is 2.51. The van der Waals surface area contributed by atoms with E-state index in [0.29, 0.717) is 26.5 Å². The zero-order valence-electron chi connectivity index (χ0n) is 14.1. The molecule has 27 heavy (non-hydrogen) atoms. The van der Waals surface area contributed by atoms with E-state index in [1.54, 1.807) is 12.1 Å². The van der Waals surface area contributed by atoms with Gasteiger partial charge in [-0.3, -0.25) is 9.59 Å². The maximum atomic E-state index is 12.7. The fraction of sp³-hybridized carbons (Fsp3) is 0.263. The van der Waals surface area contributed by atoms with Crippen LogP contribution in [-0.2, 0) is 14.3 Å². The number of rotatable bonds is 4. The number of halogens is 2. The Kier molecular flexibility index (Phi) is 5.22. The highest BCUT2D eigenvalue weighted by atomic mass is 79.9. The molecule has 2 aromatic rings. The number of benzene rings is 2. The van der Waals surface area contributed by atoms with Crippen LogP contribution in [-0.4, -0.2) is 34.4 Å². The SMILES string of the molecule is COC(=O)C1(C(=O)O)C(c2cc(O)cc(Br)c2)CC1c1cc(O)cc(Br)c1. The van der Waals surface area contributed by atoms with Crippen LogP contribution in [0.3, 0.4) is 0 Å². The molecule has 0 saturated heterocycles. The second kappa shape index (κ2) is 7.16. The normalized spacial score (nSPS) is 24.1. The highest BCUT2D eigenvalue weighted by Crippen LogP contribution is 2.63. The van der Waals surface area contributed by atoms with Crippen molar-refractivity contribution < 1.29 is 29.6 Å². The Morgan fingerprint density at radius 2 is 1.41 bits per heavy atom. The molecule has 3 rings (SSSR count). The lowest BCUT2D eigenvalue weighted by molar-refractivity contribution is -0.179. The van der Waals surface area contributed by atoms with Crippen LogP contribution >= 0.6 is 31.9 Å². The fourth-order valence-corrected chi connectivity index (χ4v) is 4.92. The molecule has 1 saturated carbocycles. The van der Waals surface area contributed by atoms with Gasteiger partial charge < -0.3 is 20.1 Å². The van der Waals surface area contributed by atoms with E-state index >= 15 is 0 Å². The predicted molar refractivity (Wildman–Crippen MR) is 104 cm³/mol. The van der Waals surface area contributed by atoms with E-state index in [4.69, 9.17) is 4.74 Å². The summed E-state index contributed by atoms with van der Waals surface area (Å²) in [5.74, 6) is -3.64. The molecule has 3 N–H and O–H groups in total. The van der Waals surface area contributed by atoms with E-state index < -0.39 is 29.2 Å². The molecule has 2 unspecified atom stereocenters. The molecule has 6 nitrogen and oxygen atoms in total. The van der Waals surface area contributed by atoms with Crippen molar-refractivity contribution in [2.24, 2.45) is 5.41 Å². The molecule has 2 atom stereocenters. The van der Waals surface area contributed by atoms with Gasteiger partial charge in [0, 0.05) is 20.8 Å². The van der Waals surface area contributed by atoms with Crippen LogP contribution in [0.5, 0.6) is 11.5 Å². The maximum absolute atomic E-state index is 12.7. The summed E-state index contributed by atoms with van der Waals surface area (Å²) in [4.78, 5) is 25.1. The van der Waals surface area contributed by atoms with E-state index in [0.717, 1.165) is 7.11 Å². The van der Waals surface area contributed by atoms with E-state index in [1.807, 2.05) is 0 Å². The molecule has 0 bridgehead atoms. The molecule has 0 radical (unpaired) electrons. The first-order valence-electron chi connectivity index (χ1n) is 8.00. The third kappa shape index (κ3) is 3.21. The quantitative estimate of drug-likeness (QED) is 0.431. The molecule has 8 heteroatoms. The molecule has 1 aliphatic rings. The van der Waals surface area contributed by atoms with Gasteiger partial charge in [-0.2, -0.15) is 0 Å². The second-order valence-electron chi connectivity index (χ2n) is 6.49. The number of aromatic hydroxyl groups is 2. The van der Waals surface area contributed by atoms with Gasteiger partial charge in [-0.25, -0.2) is 0 Å². The Bertz CT molecular complexity index is 828. The highest BCUT2D eigenvalue weighted by Gasteiger charge is 2.67. The van der Waals surface area contributed by atoms with Crippen molar-refractivity contribution in [3.8, 4) is 11.5 Å². The van der Waals surface area contributed by atoms with Crippen molar-refractivity contribution >= 4 is 43.8 Å². The Morgan fingerprint density at radius 1 is 0.963 bits per heavy atom. The number of aliphatic carboxylic acids is 1. The van der Waals surface area contributed by atoms with Crippen molar-refractivity contribution in [1.82, 2.24) is 0 Å². The van der Waals surface area contributed by atoms with Crippen molar-refractivity contribution in [1.29, 1.82) is 0 Å². The second-order valence-corrected chi connectivity index (χ2v) is 8.32. The Labute approximate surface area is 172 Å². The van der Waals surface area contributed by atoms with Gasteiger partial charge in [0.05, 0.1) is 7.11 Å². The summed E-state index contributed by atoms with van der Waals surface area (Å²) < 4.78 is 6.02. The minimum atomic E-state index is -1.87. The number of carbonyl (C=O) groups excluding carboxylic acids is 1. The number of carbonyl (C=O) groups is 2. The smallest absolute Gasteiger partial charge is 0.324 e. The van der Waals surface area contributed by atoms with Crippen LogP contribution in [0.15, 0.2) is 45.3 Å². The number of carboxylic acid groups (broad SMARTS) is 1. The maximum Gasteiger partial charge on any atom is 0.324 e. The van der Waals surface area contributed by atoms with Crippen LogP contribution in [0.1, 0.15) is 29.4 Å². The van der Waals surface area contributed by atoms with Gasteiger partial charge in [-0.05, 0) is 53.9 Å². The number of carboxylic acids is 1. The summed E-state index contributed by atoms with van der Waals surface area (Å²) in [6.45, 7) is 0. The van der Waals surface area contributed by atoms with Crippen molar-refractivity contribution in [2.75, 3.05) is 7.11 Å². The number of hydrogen-bond acceptors (Lipinski definition) is 5. The van der Waals surface area contributed by atoms with E-state index in [-0.39, 0.29) is 11.5 Å². The third-order valence-electron chi connectivity index (χ3n) is 5.06. The summed E-state index contributed by atoms with van der Waals surface area (Å²) in [6.07, 6.45) is 0.340. The van der Waals surface area contributed by atoms with Crippen molar-refractivity contribution in [3.05, 3.63) is 56.5 Å². The van der Waals surface area contributed by atoms with Gasteiger partial charge in [0.15, 0.2) is 5.41 Å². The van der Waals surface area contributed by atoms with Gasteiger partial charge in [0.2, 0.25) is 0 Å². The number of phenolic OH excluding ortho intramolecular Hbond substituents is 2. The first-order chi connectivity index (χ1) is 12.7. The number of esters is 1. The monoisotopic (exact) mass is 498 g/mol. The van der Waals surface area contributed by atoms with Gasteiger partial charge >= 0.3 is 11.9 Å². The standard InChI is InChI=1S/C19H16Br2O6/c1-27-18(26)19(17(24)25)15(9-2-11(20)6-13(22)4-9)8-16(19)10-3-12(21)7-14(23)5-10/h2-7,15-16,22-23H,8H2,1H3,(H,24,25). The average molecular weight is 500 g/mol. The largest absolute Gasteiger partial charge is 0.508 e. The van der Waals surface area contributed by atoms with Crippen LogP contribution in [0, 0.1) is 5.41 Å². The number of ether oxygens (including phenoxy) is 1. The van der Waals surface area contributed by atoms with Gasteiger partial charge in [-0.1, -0.05) is 31.9 Å². The zero-order chi connectivity index (χ0) is 19.9. The minimum Gasteiger partial charge on any atom is -0.508 e. The molecule has 0 spiro atoms. The van der Waals surface area contributed by atoms with Crippen molar-refractivity contribution in [3.63, 3.8) is 0 Å². The lowest BCUT2D eigenvalue weighted by Crippen LogP contribution is -2.57. The summed E-state index contributed by atoms with van der Waals surface area (Å²) in [7, 11) is 1.15. The zero-order valence-corrected chi connectivity index (χ0v) is 17.3. The third-order valence-corrected chi connectivity index (χ3v) is 5.98. The molecule has 2 aromatic carbocycles. The highest BCUT2D eigenvalue weighted by molar-refractivity contribution is 9.10.